The summed E-state index contributed by atoms with van der Waals surface area (Å²) in [6.45, 7) is 1.54. The van der Waals surface area contributed by atoms with E-state index in [2.05, 4.69) is 25.7 Å². The van der Waals surface area contributed by atoms with Crippen LogP contribution in [-0.2, 0) is 0 Å². The smallest absolute Gasteiger partial charge is 0.323 e. The van der Waals surface area contributed by atoms with E-state index >= 15 is 0 Å². The van der Waals surface area contributed by atoms with E-state index in [1.165, 1.54) is 0 Å². The summed E-state index contributed by atoms with van der Waals surface area (Å²) in [5.41, 5.74) is 2.80. The molecule has 3 rings (SSSR count). The molecule has 0 atom stereocenters. The highest BCUT2D eigenvalue weighted by atomic mass is 35.5. The van der Waals surface area contributed by atoms with Gasteiger partial charge in [-0.15, -0.1) is 0 Å². The maximum Gasteiger partial charge on any atom is 0.323 e. The second-order valence-electron chi connectivity index (χ2n) is 6.75. The van der Waals surface area contributed by atoms with Crippen molar-refractivity contribution in [3.8, 4) is 17.0 Å². The zero-order valence-electron chi connectivity index (χ0n) is 16.4. The number of anilines is 2. The highest BCUT2D eigenvalue weighted by molar-refractivity contribution is 6.33. The first-order chi connectivity index (χ1) is 14.0. The van der Waals surface area contributed by atoms with E-state index in [0.29, 0.717) is 23.0 Å². The lowest BCUT2D eigenvalue weighted by molar-refractivity contribution is 0.262. The summed E-state index contributed by atoms with van der Waals surface area (Å²) >= 11 is 6.09. The number of aromatic amines is 1. The number of amides is 2. The molecule has 0 fully saturated rings. The number of carbonyl (C=O) groups excluding carboxylic acids is 1. The molecule has 0 aliphatic heterocycles. The first-order valence-corrected chi connectivity index (χ1v) is 9.64. The van der Waals surface area contributed by atoms with Crippen molar-refractivity contribution >= 4 is 29.0 Å². The Morgan fingerprint density at radius 2 is 2.00 bits per heavy atom. The first kappa shape index (κ1) is 20.7. The summed E-state index contributed by atoms with van der Waals surface area (Å²) in [4.78, 5) is 14.5. The van der Waals surface area contributed by atoms with Crippen molar-refractivity contribution < 1.29 is 9.53 Å². The Morgan fingerprint density at radius 3 is 2.72 bits per heavy atom. The SMILES string of the molecule is CN(C)CCCOc1ccc(NC(=O)Nc2ccccc2Cl)cc1-c1ccn[nH]1. The summed E-state index contributed by atoms with van der Waals surface area (Å²) in [7, 11) is 4.06. The van der Waals surface area contributed by atoms with Crippen LogP contribution in [0.1, 0.15) is 6.42 Å². The molecule has 1 aromatic heterocycles. The van der Waals surface area contributed by atoms with Crippen molar-refractivity contribution in [2.24, 2.45) is 0 Å². The van der Waals surface area contributed by atoms with Gasteiger partial charge in [0.25, 0.3) is 0 Å². The van der Waals surface area contributed by atoms with Crippen LogP contribution in [0.2, 0.25) is 5.02 Å². The molecule has 0 unspecified atom stereocenters. The second kappa shape index (κ2) is 9.95. The van der Waals surface area contributed by atoms with E-state index in [9.17, 15) is 4.79 Å². The quantitative estimate of drug-likeness (QED) is 0.467. The monoisotopic (exact) mass is 413 g/mol. The third-order valence-corrected chi connectivity index (χ3v) is 4.49. The summed E-state index contributed by atoms with van der Waals surface area (Å²) in [5, 5.41) is 13.0. The Kier molecular flexibility index (Phi) is 7.10. The summed E-state index contributed by atoms with van der Waals surface area (Å²) in [6.07, 6.45) is 2.59. The molecular weight excluding hydrogens is 390 g/mol. The third kappa shape index (κ3) is 5.97. The molecule has 0 saturated heterocycles. The van der Waals surface area contributed by atoms with Crippen LogP contribution in [0.3, 0.4) is 0 Å². The number of benzene rings is 2. The van der Waals surface area contributed by atoms with E-state index in [0.717, 1.165) is 30.0 Å². The van der Waals surface area contributed by atoms with Crippen LogP contribution in [0, 0.1) is 0 Å². The van der Waals surface area contributed by atoms with E-state index < -0.39 is 0 Å². The summed E-state index contributed by atoms with van der Waals surface area (Å²) in [5.74, 6) is 0.727. The van der Waals surface area contributed by atoms with Gasteiger partial charge >= 0.3 is 6.03 Å². The van der Waals surface area contributed by atoms with E-state index in [1.54, 1.807) is 36.5 Å². The Morgan fingerprint density at radius 1 is 1.17 bits per heavy atom. The molecule has 7 nitrogen and oxygen atoms in total. The molecule has 8 heteroatoms. The standard InChI is InChI=1S/C21H24ClN5O2/c1-27(2)12-5-13-29-20-9-8-15(14-16(20)18-10-11-23-26-18)24-21(28)25-19-7-4-3-6-17(19)22/h3-4,6-11,14H,5,12-13H2,1-2H3,(H,23,26)(H2,24,25,28). The zero-order valence-corrected chi connectivity index (χ0v) is 17.2. The molecule has 152 valence electrons. The Bertz CT molecular complexity index is 944. The number of hydrogen-bond acceptors (Lipinski definition) is 4. The number of H-pyrrole nitrogens is 1. The van der Waals surface area contributed by atoms with Gasteiger partial charge in [0.2, 0.25) is 0 Å². The highest BCUT2D eigenvalue weighted by Crippen LogP contribution is 2.32. The summed E-state index contributed by atoms with van der Waals surface area (Å²) in [6, 6.07) is 14.0. The van der Waals surface area contributed by atoms with Crippen molar-refractivity contribution in [2.75, 3.05) is 37.9 Å². The second-order valence-corrected chi connectivity index (χ2v) is 7.15. The lowest BCUT2D eigenvalue weighted by Crippen LogP contribution is -2.19. The van der Waals surface area contributed by atoms with Crippen LogP contribution in [0.4, 0.5) is 16.2 Å². The number of carbonyl (C=O) groups is 1. The fourth-order valence-corrected chi connectivity index (χ4v) is 2.94. The number of nitrogens with zero attached hydrogens (tertiary/aromatic N) is 2. The minimum absolute atomic E-state index is 0.381. The lowest BCUT2D eigenvalue weighted by atomic mass is 10.1. The van der Waals surface area contributed by atoms with Crippen LogP contribution in [0.25, 0.3) is 11.3 Å². The van der Waals surface area contributed by atoms with Gasteiger partial charge in [0.15, 0.2) is 0 Å². The Hall–Kier alpha value is -3.03. The van der Waals surface area contributed by atoms with Crippen LogP contribution >= 0.6 is 11.6 Å². The minimum Gasteiger partial charge on any atom is -0.493 e. The van der Waals surface area contributed by atoms with Crippen LogP contribution in [0.5, 0.6) is 5.75 Å². The third-order valence-electron chi connectivity index (χ3n) is 4.16. The van der Waals surface area contributed by atoms with Crippen molar-refractivity contribution in [3.63, 3.8) is 0 Å². The van der Waals surface area contributed by atoms with Gasteiger partial charge in [-0.1, -0.05) is 23.7 Å². The molecule has 0 radical (unpaired) electrons. The average molecular weight is 414 g/mol. The Balaban J connectivity index is 1.72. The average Bonchev–Trinajstić information content (AvgIpc) is 3.22. The number of nitrogens with one attached hydrogen (secondary N) is 3. The first-order valence-electron chi connectivity index (χ1n) is 9.27. The molecule has 2 amide bonds. The molecule has 0 saturated carbocycles. The van der Waals surface area contributed by atoms with Gasteiger partial charge in [-0.3, -0.25) is 5.10 Å². The van der Waals surface area contributed by atoms with Crippen LogP contribution < -0.4 is 15.4 Å². The molecule has 2 aromatic carbocycles. The lowest BCUT2D eigenvalue weighted by Gasteiger charge is -2.15. The van der Waals surface area contributed by atoms with Gasteiger partial charge in [0.1, 0.15) is 5.75 Å². The van der Waals surface area contributed by atoms with Gasteiger partial charge in [-0.2, -0.15) is 5.10 Å². The fourth-order valence-electron chi connectivity index (χ4n) is 2.76. The predicted molar refractivity (Wildman–Crippen MR) is 117 cm³/mol. The van der Waals surface area contributed by atoms with Crippen molar-refractivity contribution in [3.05, 3.63) is 59.8 Å². The topological polar surface area (TPSA) is 82.3 Å². The van der Waals surface area contributed by atoms with Gasteiger partial charge in [0, 0.05) is 24.0 Å². The van der Waals surface area contributed by atoms with Crippen LogP contribution in [-0.4, -0.2) is 48.4 Å². The molecule has 0 bridgehead atoms. The number of hydrogen-bond donors (Lipinski definition) is 3. The van der Waals surface area contributed by atoms with Crippen molar-refractivity contribution in [1.82, 2.24) is 15.1 Å². The molecule has 3 aromatic rings. The molecular formula is C21H24ClN5O2. The predicted octanol–water partition coefficient (Wildman–Crippen LogP) is 4.70. The molecule has 0 spiro atoms. The largest absolute Gasteiger partial charge is 0.493 e. The molecule has 0 aliphatic rings. The molecule has 1 heterocycles. The van der Waals surface area contributed by atoms with Gasteiger partial charge < -0.3 is 20.3 Å². The molecule has 0 aliphatic carbocycles. The van der Waals surface area contributed by atoms with E-state index in [1.807, 2.05) is 32.3 Å². The Labute approximate surface area is 175 Å². The maximum atomic E-state index is 12.4. The molecule has 29 heavy (non-hydrogen) atoms. The number of rotatable bonds is 8. The minimum atomic E-state index is -0.381. The molecule has 3 N–H and O–H groups in total. The van der Waals surface area contributed by atoms with Crippen LogP contribution in [0.15, 0.2) is 54.7 Å². The number of ether oxygens (including phenoxy) is 1. The van der Waals surface area contributed by atoms with E-state index in [4.69, 9.17) is 16.3 Å². The fraction of sp³-hybridized carbons (Fsp3) is 0.238. The number of para-hydroxylation sites is 1. The maximum absolute atomic E-state index is 12.4. The van der Waals surface area contributed by atoms with Gasteiger partial charge in [0.05, 0.1) is 23.0 Å². The number of urea groups is 1. The van der Waals surface area contributed by atoms with E-state index in [-0.39, 0.29) is 6.03 Å². The highest BCUT2D eigenvalue weighted by Gasteiger charge is 2.12. The van der Waals surface area contributed by atoms with Crippen molar-refractivity contribution in [2.45, 2.75) is 6.42 Å². The number of halogens is 1. The van der Waals surface area contributed by atoms with Gasteiger partial charge in [-0.05, 0) is 56.9 Å². The summed E-state index contributed by atoms with van der Waals surface area (Å²) < 4.78 is 5.96. The normalized spacial score (nSPS) is 10.8. The van der Waals surface area contributed by atoms with Gasteiger partial charge in [-0.25, -0.2) is 4.79 Å². The van der Waals surface area contributed by atoms with Crippen molar-refractivity contribution in [1.29, 1.82) is 0 Å². The number of aromatic nitrogens is 2. The zero-order chi connectivity index (χ0) is 20.6.